The maximum Gasteiger partial charge on any atom is 0.371 e. The van der Waals surface area contributed by atoms with Crippen LogP contribution in [0.25, 0.3) is 0 Å². The molecule has 21 heavy (non-hydrogen) atoms. The molecule has 1 atom stereocenters. The van der Waals surface area contributed by atoms with Crippen LogP contribution in [0.1, 0.15) is 55.0 Å². The normalized spacial score (nSPS) is 19.9. The molecule has 1 N–H and O–H groups in total. The molecule has 1 saturated heterocycles. The number of nitrogens with zero attached hydrogens (tertiary/aromatic N) is 1. The molecule has 1 fully saturated rings. The molecule has 0 spiro atoms. The second-order valence-electron chi connectivity index (χ2n) is 6.14. The SMILES string of the molecule is Cc1oc(C(=O)O)cc1CN1CCC(C(C)C)CCC1=O. The van der Waals surface area contributed by atoms with Gasteiger partial charge in [-0.15, -0.1) is 0 Å². The van der Waals surface area contributed by atoms with E-state index in [0.29, 0.717) is 30.6 Å². The van der Waals surface area contributed by atoms with Gasteiger partial charge in [0.2, 0.25) is 11.7 Å². The fraction of sp³-hybridized carbons (Fsp3) is 0.625. The Morgan fingerprint density at radius 2 is 2.19 bits per heavy atom. The lowest BCUT2D eigenvalue weighted by Crippen LogP contribution is -2.30. The van der Waals surface area contributed by atoms with Gasteiger partial charge in [-0.25, -0.2) is 4.79 Å². The van der Waals surface area contributed by atoms with Gasteiger partial charge in [-0.1, -0.05) is 13.8 Å². The topological polar surface area (TPSA) is 70.8 Å². The van der Waals surface area contributed by atoms with E-state index in [1.165, 1.54) is 6.07 Å². The van der Waals surface area contributed by atoms with Crippen LogP contribution in [0.2, 0.25) is 0 Å². The quantitative estimate of drug-likeness (QED) is 0.926. The maximum absolute atomic E-state index is 12.2. The largest absolute Gasteiger partial charge is 0.475 e. The van der Waals surface area contributed by atoms with Crippen LogP contribution in [0, 0.1) is 18.8 Å². The van der Waals surface area contributed by atoms with Crippen LogP contribution in [-0.4, -0.2) is 28.4 Å². The molecule has 1 aromatic rings. The Balaban J connectivity index is 2.08. The zero-order valence-electron chi connectivity index (χ0n) is 12.9. The number of carboxylic acid groups (broad SMARTS) is 1. The highest BCUT2D eigenvalue weighted by molar-refractivity contribution is 5.84. The van der Waals surface area contributed by atoms with Gasteiger partial charge in [0.05, 0.1) is 0 Å². The number of hydrogen-bond acceptors (Lipinski definition) is 3. The average Bonchev–Trinajstić information content (AvgIpc) is 2.67. The van der Waals surface area contributed by atoms with Gasteiger partial charge in [0, 0.05) is 25.1 Å². The van der Waals surface area contributed by atoms with Crippen LogP contribution in [0.15, 0.2) is 10.5 Å². The third kappa shape index (κ3) is 3.65. The highest BCUT2D eigenvalue weighted by Gasteiger charge is 2.25. The fourth-order valence-electron chi connectivity index (χ4n) is 2.88. The lowest BCUT2D eigenvalue weighted by Gasteiger charge is -2.21. The molecule has 1 aliphatic heterocycles. The number of carbonyl (C=O) groups excluding carboxylic acids is 1. The molecular formula is C16H23NO4. The van der Waals surface area contributed by atoms with Crippen LogP contribution >= 0.6 is 0 Å². The summed E-state index contributed by atoms with van der Waals surface area (Å²) in [6, 6.07) is 1.52. The van der Waals surface area contributed by atoms with Crippen LogP contribution in [0.4, 0.5) is 0 Å². The summed E-state index contributed by atoms with van der Waals surface area (Å²) in [6.07, 6.45) is 2.52. The van der Waals surface area contributed by atoms with E-state index in [-0.39, 0.29) is 11.7 Å². The smallest absolute Gasteiger partial charge is 0.371 e. The number of aryl methyl sites for hydroxylation is 1. The van der Waals surface area contributed by atoms with Gasteiger partial charge in [0.1, 0.15) is 5.76 Å². The Morgan fingerprint density at radius 1 is 1.48 bits per heavy atom. The summed E-state index contributed by atoms with van der Waals surface area (Å²) in [5.74, 6) is 0.753. The van der Waals surface area contributed by atoms with E-state index in [4.69, 9.17) is 9.52 Å². The number of aromatic carboxylic acids is 1. The van der Waals surface area contributed by atoms with Gasteiger partial charge in [-0.3, -0.25) is 4.79 Å². The molecule has 2 rings (SSSR count). The van der Waals surface area contributed by atoms with Crippen molar-refractivity contribution in [1.82, 2.24) is 4.90 Å². The zero-order valence-corrected chi connectivity index (χ0v) is 12.9. The van der Waals surface area contributed by atoms with Crippen molar-refractivity contribution in [2.45, 2.75) is 46.6 Å². The third-order valence-corrected chi connectivity index (χ3v) is 4.39. The molecular weight excluding hydrogens is 270 g/mol. The van der Waals surface area contributed by atoms with E-state index in [1.807, 2.05) is 4.90 Å². The van der Waals surface area contributed by atoms with Gasteiger partial charge < -0.3 is 14.4 Å². The number of carbonyl (C=O) groups is 2. The predicted molar refractivity (Wildman–Crippen MR) is 78.0 cm³/mol. The Morgan fingerprint density at radius 3 is 2.76 bits per heavy atom. The lowest BCUT2D eigenvalue weighted by molar-refractivity contribution is -0.131. The van der Waals surface area contributed by atoms with E-state index >= 15 is 0 Å². The van der Waals surface area contributed by atoms with Crippen LogP contribution in [0.5, 0.6) is 0 Å². The first-order chi connectivity index (χ1) is 9.88. The van der Waals surface area contributed by atoms with E-state index < -0.39 is 5.97 Å². The summed E-state index contributed by atoms with van der Waals surface area (Å²) in [5, 5.41) is 8.95. The molecule has 0 bridgehead atoms. The number of furan rings is 1. The van der Waals surface area contributed by atoms with E-state index in [9.17, 15) is 9.59 Å². The van der Waals surface area contributed by atoms with Crippen molar-refractivity contribution in [3.63, 3.8) is 0 Å². The molecule has 116 valence electrons. The summed E-state index contributed by atoms with van der Waals surface area (Å²) >= 11 is 0. The highest BCUT2D eigenvalue weighted by atomic mass is 16.4. The van der Waals surface area contributed by atoms with Gasteiger partial charge in [-0.05, 0) is 37.7 Å². The minimum atomic E-state index is -1.08. The van der Waals surface area contributed by atoms with Crippen LogP contribution in [-0.2, 0) is 11.3 Å². The zero-order chi connectivity index (χ0) is 15.6. The summed E-state index contributed by atoms with van der Waals surface area (Å²) < 4.78 is 5.21. The number of rotatable bonds is 4. The Bertz CT molecular complexity index is 532. The molecule has 0 radical (unpaired) electrons. The molecule has 1 unspecified atom stereocenters. The standard InChI is InChI=1S/C16H23NO4/c1-10(2)12-4-5-15(18)17(7-6-12)9-13-8-14(16(19)20)21-11(13)3/h8,10,12H,4-7,9H2,1-3H3,(H,19,20). The highest BCUT2D eigenvalue weighted by Crippen LogP contribution is 2.26. The second kappa shape index (κ2) is 6.33. The predicted octanol–water partition coefficient (Wildman–Crippen LogP) is 3.07. The first-order valence-corrected chi connectivity index (χ1v) is 7.49. The summed E-state index contributed by atoms with van der Waals surface area (Å²) in [5.41, 5.74) is 0.781. The third-order valence-electron chi connectivity index (χ3n) is 4.39. The number of carboxylic acids is 1. The van der Waals surface area contributed by atoms with E-state index in [1.54, 1.807) is 6.92 Å². The Hall–Kier alpha value is -1.78. The lowest BCUT2D eigenvalue weighted by atomic mass is 9.89. The summed E-state index contributed by atoms with van der Waals surface area (Å²) in [6.45, 7) is 7.30. The van der Waals surface area contributed by atoms with Gasteiger partial charge in [0.15, 0.2) is 0 Å². The number of likely N-dealkylation sites (tertiary alicyclic amines) is 1. The number of hydrogen-bond donors (Lipinski definition) is 1. The van der Waals surface area contributed by atoms with Crippen molar-refractivity contribution < 1.29 is 19.1 Å². The molecule has 0 aromatic carbocycles. The van der Waals surface area contributed by atoms with Gasteiger partial charge in [-0.2, -0.15) is 0 Å². The molecule has 0 aliphatic carbocycles. The molecule has 1 aliphatic rings. The van der Waals surface area contributed by atoms with Crippen molar-refractivity contribution in [2.24, 2.45) is 11.8 Å². The monoisotopic (exact) mass is 293 g/mol. The Kier molecular flexibility index (Phi) is 4.70. The van der Waals surface area contributed by atoms with Crippen LogP contribution < -0.4 is 0 Å². The van der Waals surface area contributed by atoms with Crippen LogP contribution in [0.3, 0.4) is 0 Å². The van der Waals surface area contributed by atoms with Crippen molar-refractivity contribution in [2.75, 3.05) is 6.54 Å². The molecule has 1 aromatic heterocycles. The minimum Gasteiger partial charge on any atom is -0.475 e. The van der Waals surface area contributed by atoms with Crippen molar-refractivity contribution in [3.05, 3.63) is 23.2 Å². The van der Waals surface area contributed by atoms with E-state index in [0.717, 1.165) is 24.9 Å². The molecule has 0 saturated carbocycles. The van der Waals surface area contributed by atoms with Crippen molar-refractivity contribution in [3.8, 4) is 0 Å². The van der Waals surface area contributed by atoms with Crippen molar-refractivity contribution in [1.29, 1.82) is 0 Å². The average molecular weight is 293 g/mol. The number of amides is 1. The van der Waals surface area contributed by atoms with Crippen molar-refractivity contribution >= 4 is 11.9 Å². The molecule has 1 amide bonds. The second-order valence-corrected chi connectivity index (χ2v) is 6.14. The fourth-order valence-corrected chi connectivity index (χ4v) is 2.88. The molecule has 5 heteroatoms. The summed E-state index contributed by atoms with van der Waals surface area (Å²) in [7, 11) is 0. The maximum atomic E-state index is 12.2. The molecule has 5 nitrogen and oxygen atoms in total. The first-order valence-electron chi connectivity index (χ1n) is 7.49. The van der Waals surface area contributed by atoms with Gasteiger partial charge in [0.25, 0.3) is 0 Å². The first kappa shape index (κ1) is 15.6. The summed E-state index contributed by atoms with van der Waals surface area (Å²) in [4.78, 5) is 25.0. The minimum absolute atomic E-state index is 0.0650. The molecule has 2 heterocycles. The Labute approximate surface area is 124 Å². The van der Waals surface area contributed by atoms with Gasteiger partial charge >= 0.3 is 5.97 Å². The van der Waals surface area contributed by atoms with E-state index in [2.05, 4.69) is 13.8 Å².